The Labute approximate surface area is 563 Å². The van der Waals surface area contributed by atoms with Crippen molar-refractivity contribution in [1.82, 2.24) is 0 Å². The van der Waals surface area contributed by atoms with Gasteiger partial charge in [-0.25, -0.2) is 59.3 Å². The van der Waals surface area contributed by atoms with Crippen LogP contribution in [-0.4, -0.2) is 95.2 Å². The summed E-state index contributed by atoms with van der Waals surface area (Å²) in [6.07, 6.45) is 0. The van der Waals surface area contributed by atoms with Crippen molar-refractivity contribution in [2.75, 3.05) is 0 Å². The van der Waals surface area contributed by atoms with Crippen LogP contribution in [0.2, 0.25) is 0 Å². The third-order valence-corrected chi connectivity index (χ3v) is 14.4. The van der Waals surface area contributed by atoms with Gasteiger partial charge in [-0.15, -0.1) is 0 Å². The molecular formula is C39H18F2Na6O23S6. The van der Waals surface area contributed by atoms with Crippen LogP contribution in [0.4, 0.5) is 8.78 Å². The molecule has 0 heterocycles. The first-order chi connectivity index (χ1) is 32.0. The molecule has 6 aromatic rings. The van der Waals surface area contributed by atoms with Gasteiger partial charge in [0.1, 0.15) is 95.3 Å². The van der Waals surface area contributed by atoms with Gasteiger partial charge < -0.3 is 36.8 Å². The minimum atomic E-state index is -5.77. The van der Waals surface area contributed by atoms with E-state index in [4.69, 9.17) is 9.47 Å². The van der Waals surface area contributed by atoms with Crippen molar-refractivity contribution < 1.29 is 288 Å². The minimum Gasteiger partial charge on any atom is -0.744 e. The number of rotatable bonds is 16. The molecule has 76 heavy (non-hydrogen) atoms. The van der Waals surface area contributed by atoms with Crippen molar-refractivity contribution in [3.63, 3.8) is 0 Å². The third kappa shape index (κ3) is 18.1. The van der Waals surface area contributed by atoms with E-state index >= 15 is 0 Å². The molecule has 0 saturated carbocycles. The topological polar surface area (TPSA) is 413 Å². The molecule has 0 fully saturated rings. The maximum atomic E-state index is 14.0. The van der Waals surface area contributed by atoms with Crippen molar-refractivity contribution in [3.05, 3.63) is 154 Å². The fourth-order valence-electron chi connectivity index (χ4n) is 6.13. The number of hydrogen-bond acceptors (Lipinski definition) is 23. The van der Waals surface area contributed by atoms with Crippen LogP contribution in [-0.2, 0) is 60.7 Å². The molecule has 0 spiro atoms. The summed E-state index contributed by atoms with van der Waals surface area (Å²) in [6.45, 7) is 0. The maximum absolute atomic E-state index is 14.0. The van der Waals surface area contributed by atoms with E-state index < -0.39 is 175 Å². The molecule has 37 heteroatoms. The smallest absolute Gasteiger partial charge is 0.744 e. The number of hydrogen-bond donors (Lipinski definition) is 0. The summed E-state index contributed by atoms with van der Waals surface area (Å²) in [6, 6.07) is 9.58. The number of ether oxygens (including phenoxy) is 2. The quantitative estimate of drug-likeness (QED) is 0.0493. The largest absolute Gasteiger partial charge is 1.00 e. The van der Waals surface area contributed by atoms with Crippen molar-refractivity contribution in [2.24, 2.45) is 0 Å². The SMILES string of the molecule is O=C(c1ccc(F)c(S(=O)(=O)[O-])c1)c1ccc(Oc2ccc(C(=O)c3ccc(Oc4ccc(C(=O)c5ccc(F)c(S(=O)(=O)[O-])c5)cc4S(=O)(=O)[O-])c(S(=O)(=O)[O-])c3)cc2S(=O)(=O)[O-])c(S(=O)(=O)[O-])c1.[Na+].[Na+].[Na+].[Na+].[Na+].[Na+]. The van der Waals surface area contributed by atoms with E-state index in [1.165, 1.54) is 0 Å². The second kappa shape index (κ2) is 28.5. The van der Waals surface area contributed by atoms with Gasteiger partial charge >= 0.3 is 177 Å². The summed E-state index contributed by atoms with van der Waals surface area (Å²) in [4.78, 5) is 31.2. The van der Waals surface area contributed by atoms with Crippen molar-refractivity contribution in [3.8, 4) is 23.0 Å². The molecule has 0 bridgehead atoms. The van der Waals surface area contributed by atoms with E-state index in [1.54, 1.807) is 0 Å². The first-order valence-electron chi connectivity index (χ1n) is 18.0. The molecule has 23 nitrogen and oxygen atoms in total. The van der Waals surface area contributed by atoms with Gasteiger partial charge in [0.05, 0.1) is 29.4 Å². The summed E-state index contributed by atoms with van der Waals surface area (Å²) < 4.78 is 255. The Kier molecular flexibility index (Phi) is 28.2. The molecule has 0 amide bonds. The number of ketones is 3. The fraction of sp³-hybridized carbons (Fsp3) is 0. The van der Waals surface area contributed by atoms with Crippen molar-refractivity contribution in [2.45, 2.75) is 29.4 Å². The average Bonchev–Trinajstić information content (AvgIpc) is 3.24. The zero-order valence-electron chi connectivity index (χ0n) is 39.5. The van der Waals surface area contributed by atoms with E-state index in [1.807, 2.05) is 0 Å². The Morgan fingerprint density at radius 1 is 0.289 bits per heavy atom. The second-order valence-electron chi connectivity index (χ2n) is 13.9. The van der Waals surface area contributed by atoms with Crippen LogP contribution in [0.3, 0.4) is 0 Å². The molecule has 0 unspecified atom stereocenters. The molecule has 0 N–H and O–H groups in total. The summed E-state index contributed by atoms with van der Waals surface area (Å²) >= 11 is 0. The van der Waals surface area contributed by atoms with E-state index in [-0.39, 0.29) is 177 Å². The normalized spacial score (nSPS) is 11.6. The van der Waals surface area contributed by atoms with Crippen LogP contribution < -0.4 is 187 Å². The van der Waals surface area contributed by atoms with Gasteiger partial charge in [0.2, 0.25) is 0 Å². The van der Waals surface area contributed by atoms with Gasteiger partial charge in [-0.1, -0.05) is 0 Å². The summed E-state index contributed by atoms with van der Waals surface area (Å²) in [5.74, 6) is -11.2. The van der Waals surface area contributed by atoms with E-state index in [2.05, 4.69) is 0 Å². The predicted molar refractivity (Wildman–Crippen MR) is 217 cm³/mol. The van der Waals surface area contributed by atoms with Gasteiger partial charge in [0.15, 0.2) is 17.3 Å². The molecule has 368 valence electrons. The molecule has 6 rings (SSSR count). The maximum Gasteiger partial charge on any atom is 1.00 e. The zero-order chi connectivity index (χ0) is 52.3. The summed E-state index contributed by atoms with van der Waals surface area (Å²) in [5, 5.41) is 0. The Balaban J connectivity index is 0.00000937. The van der Waals surface area contributed by atoms with Crippen molar-refractivity contribution >= 4 is 78.1 Å². The standard InChI is InChI=1S/C39H24F2O23S6.6Na/c40-25-7-1-19(13-31(25)65(45,46)47)37(42)21-3-9-27(33(15-21)67(51,52)53)63-29-11-5-23(17-35(29)69(57,58)59)39(44)24-6-12-30(36(18-24)70(60,61)62)64-28-10-4-22(16-34(28)68(54,55)56)38(43)20-2-8-26(41)32(14-20)66(48,49)50;;;;;;/h1-18H,(H,45,46,47)(H,48,49,50)(H,51,52,53)(H,54,55,56)(H,57,58,59)(H,60,61,62);;;;;;/q;6*+1/p-6. The number of carbonyl (C=O) groups is 3. The third-order valence-electron chi connectivity index (χ3n) is 9.27. The van der Waals surface area contributed by atoms with Gasteiger partial charge in [0.25, 0.3) is 0 Å². The molecule has 0 aromatic heterocycles. The molecule has 0 atom stereocenters. The Morgan fingerprint density at radius 2 is 0.447 bits per heavy atom. The molecule has 0 radical (unpaired) electrons. The molecule has 0 aliphatic heterocycles. The number of benzene rings is 6. The Hall–Kier alpha value is -0.750. The molecule has 6 aromatic carbocycles. The first-order valence-corrected chi connectivity index (χ1v) is 26.4. The second-order valence-corrected chi connectivity index (χ2v) is 21.9. The van der Waals surface area contributed by atoms with Crippen LogP contribution in [0, 0.1) is 11.6 Å². The predicted octanol–water partition coefficient (Wildman–Crippen LogP) is -15.3. The zero-order valence-corrected chi connectivity index (χ0v) is 56.4. The van der Waals surface area contributed by atoms with Gasteiger partial charge in [-0.05, 0) is 109 Å². The van der Waals surface area contributed by atoms with E-state index in [0.29, 0.717) is 97.1 Å². The van der Waals surface area contributed by atoms with Crippen LogP contribution in [0.15, 0.2) is 139 Å². The van der Waals surface area contributed by atoms with Crippen LogP contribution in [0.1, 0.15) is 47.8 Å². The first kappa shape index (κ1) is 75.2. The minimum absolute atomic E-state index is 0. The van der Waals surface area contributed by atoms with Crippen LogP contribution in [0.25, 0.3) is 0 Å². The summed E-state index contributed by atoms with van der Waals surface area (Å²) in [7, 11) is -33.9. The van der Waals surface area contributed by atoms with Gasteiger partial charge in [0, 0.05) is 33.4 Å². The monoisotopic (exact) mass is 1220 g/mol. The van der Waals surface area contributed by atoms with E-state index in [0.717, 1.165) is 12.1 Å². The fourth-order valence-corrected chi connectivity index (χ4v) is 9.79. The molecular weight excluding hydrogens is 1200 g/mol. The Bertz CT molecular complexity index is 3740. The Morgan fingerprint density at radius 3 is 0.618 bits per heavy atom. The number of halogens is 2. The van der Waals surface area contributed by atoms with Gasteiger partial charge in [-0.3, -0.25) is 14.4 Å². The van der Waals surface area contributed by atoms with Crippen LogP contribution in [0.5, 0.6) is 23.0 Å². The average molecular weight is 1220 g/mol. The van der Waals surface area contributed by atoms with E-state index in [9.17, 15) is 101 Å². The number of carbonyl (C=O) groups excluding carboxylic acids is 3. The molecule has 0 aliphatic rings. The van der Waals surface area contributed by atoms with Crippen LogP contribution >= 0.6 is 0 Å². The summed E-state index contributed by atoms with van der Waals surface area (Å²) in [5.41, 5.74) is -4.36. The molecule has 0 saturated heterocycles. The van der Waals surface area contributed by atoms with Gasteiger partial charge in [-0.2, -0.15) is 0 Å². The molecule has 0 aliphatic carbocycles. The van der Waals surface area contributed by atoms with Crippen molar-refractivity contribution in [1.29, 1.82) is 0 Å².